The third kappa shape index (κ3) is 3.25. The lowest BCUT2D eigenvalue weighted by atomic mass is 9.81. The third-order valence-electron chi connectivity index (χ3n) is 4.41. The van der Waals surface area contributed by atoms with Gasteiger partial charge in [0.05, 0.1) is 11.1 Å². The molecule has 2 heterocycles. The van der Waals surface area contributed by atoms with Gasteiger partial charge in [-0.15, -0.1) is 0 Å². The van der Waals surface area contributed by atoms with Gasteiger partial charge in [-0.05, 0) is 40.0 Å². The Bertz CT molecular complexity index is 533. The highest BCUT2D eigenvalue weighted by molar-refractivity contribution is 5.83. The monoisotopic (exact) mass is 293 g/mol. The van der Waals surface area contributed by atoms with Gasteiger partial charge in [-0.3, -0.25) is 9.59 Å². The fourth-order valence-corrected chi connectivity index (χ4v) is 2.90. The zero-order valence-corrected chi connectivity index (χ0v) is 12.9. The lowest BCUT2D eigenvalue weighted by Crippen LogP contribution is -2.50. The SMILES string of the molecule is Cc1noc(C)c1CCC(=O)N1CCCC(C)(C(N)=O)C1. The Morgan fingerprint density at radius 3 is 2.71 bits per heavy atom. The predicted molar refractivity (Wildman–Crippen MR) is 77.4 cm³/mol. The van der Waals surface area contributed by atoms with Crippen molar-refractivity contribution in [2.75, 3.05) is 13.1 Å². The minimum atomic E-state index is -0.600. The maximum atomic E-state index is 12.3. The summed E-state index contributed by atoms with van der Waals surface area (Å²) in [5.41, 5.74) is 6.69. The molecule has 1 aliphatic rings. The van der Waals surface area contributed by atoms with Crippen molar-refractivity contribution in [1.82, 2.24) is 10.1 Å². The first-order valence-corrected chi connectivity index (χ1v) is 7.33. The number of carbonyl (C=O) groups is 2. The number of rotatable bonds is 4. The van der Waals surface area contributed by atoms with Crippen LogP contribution in [-0.2, 0) is 16.0 Å². The molecule has 2 rings (SSSR count). The van der Waals surface area contributed by atoms with Crippen molar-refractivity contribution in [3.63, 3.8) is 0 Å². The molecule has 0 radical (unpaired) electrons. The van der Waals surface area contributed by atoms with Crippen LogP contribution in [0.1, 0.15) is 43.2 Å². The van der Waals surface area contributed by atoms with E-state index in [0.717, 1.165) is 29.9 Å². The van der Waals surface area contributed by atoms with Crippen LogP contribution in [-0.4, -0.2) is 35.0 Å². The van der Waals surface area contributed by atoms with E-state index in [9.17, 15) is 9.59 Å². The second-order valence-electron chi connectivity index (χ2n) is 6.15. The molecule has 0 spiro atoms. The summed E-state index contributed by atoms with van der Waals surface area (Å²) >= 11 is 0. The van der Waals surface area contributed by atoms with Gasteiger partial charge in [-0.25, -0.2) is 0 Å². The van der Waals surface area contributed by atoms with Gasteiger partial charge in [-0.1, -0.05) is 5.16 Å². The van der Waals surface area contributed by atoms with E-state index in [2.05, 4.69) is 5.16 Å². The standard InChI is InChI=1S/C15H23N3O3/c1-10-12(11(2)21-17-10)5-6-13(19)18-8-4-7-15(3,9-18)14(16)20/h4-9H2,1-3H3,(H2,16,20). The van der Waals surface area contributed by atoms with Crippen molar-refractivity contribution in [2.45, 2.75) is 46.5 Å². The molecule has 6 heteroatoms. The first-order valence-electron chi connectivity index (χ1n) is 7.33. The molecule has 1 atom stereocenters. The van der Waals surface area contributed by atoms with Crippen molar-refractivity contribution in [2.24, 2.45) is 11.1 Å². The molecule has 1 saturated heterocycles. The summed E-state index contributed by atoms with van der Waals surface area (Å²) in [6.45, 7) is 6.68. The van der Waals surface area contributed by atoms with Crippen LogP contribution in [0, 0.1) is 19.3 Å². The Labute approximate surface area is 124 Å². The van der Waals surface area contributed by atoms with Crippen molar-refractivity contribution in [1.29, 1.82) is 0 Å². The minimum Gasteiger partial charge on any atom is -0.369 e. The van der Waals surface area contributed by atoms with E-state index in [1.54, 1.807) is 4.90 Å². The van der Waals surface area contributed by atoms with E-state index in [1.165, 1.54) is 0 Å². The van der Waals surface area contributed by atoms with Gasteiger partial charge in [0.2, 0.25) is 11.8 Å². The number of nitrogens with two attached hydrogens (primary N) is 1. The van der Waals surface area contributed by atoms with Crippen LogP contribution in [0.25, 0.3) is 0 Å². The molecule has 0 saturated carbocycles. The highest BCUT2D eigenvalue weighted by Crippen LogP contribution is 2.29. The smallest absolute Gasteiger partial charge is 0.225 e. The normalized spacial score (nSPS) is 22.3. The molecule has 21 heavy (non-hydrogen) atoms. The number of hydrogen-bond acceptors (Lipinski definition) is 4. The summed E-state index contributed by atoms with van der Waals surface area (Å²) in [7, 11) is 0. The first-order chi connectivity index (χ1) is 9.83. The van der Waals surface area contributed by atoms with Crippen LogP contribution in [0.3, 0.4) is 0 Å². The summed E-state index contributed by atoms with van der Waals surface area (Å²) in [4.78, 5) is 25.6. The molecule has 0 aliphatic carbocycles. The summed E-state index contributed by atoms with van der Waals surface area (Å²) in [6.07, 6.45) is 2.58. The summed E-state index contributed by atoms with van der Waals surface area (Å²) < 4.78 is 5.10. The van der Waals surface area contributed by atoms with Crippen LogP contribution in [0.4, 0.5) is 0 Å². The van der Waals surface area contributed by atoms with E-state index < -0.39 is 5.41 Å². The highest BCUT2D eigenvalue weighted by atomic mass is 16.5. The van der Waals surface area contributed by atoms with Gasteiger partial charge in [0, 0.05) is 25.1 Å². The van der Waals surface area contributed by atoms with Gasteiger partial charge in [-0.2, -0.15) is 0 Å². The Balaban J connectivity index is 1.96. The third-order valence-corrected chi connectivity index (χ3v) is 4.41. The van der Waals surface area contributed by atoms with Gasteiger partial charge in [0.15, 0.2) is 0 Å². The van der Waals surface area contributed by atoms with Gasteiger partial charge >= 0.3 is 0 Å². The molecule has 116 valence electrons. The van der Waals surface area contributed by atoms with Crippen LogP contribution >= 0.6 is 0 Å². The summed E-state index contributed by atoms with van der Waals surface area (Å²) in [5, 5.41) is 3.89. The zero-order chi connectivity index (χ0) is 15.6. The molecule has 0 aromatic carbocycles. The van der Waals surface area contributed by atoms with Crippen molar-refractivity contribution in [3.05, 3.63) is 17.0 Å². The largest absolute Gasteiger partial charge is 0.369 e. The quantitative estimate of drug-likeness (QED) is 0.907. The lowest BCUT2D eigenvalue weighted by molar-refractivity contribution is -0.139. The molecular formula is C15H23N3O3. The molecule has 6 nitrogen and oxygen atoms in total. The number of piperidine rings is 1. The number of primary amides is 1. The average Bonchev–Trinajstić information content (AvgIpc) is 2.75. The molecule has 1 fully saturated rings. The minimum absolute atomic E-state index is 0.0576. The highest BCUT2D eigenvalue weighted by Gasteiger charge is 2.37. The van der Waals surface area contributed by atoms with E-state index in [4.69, 9.17) is 10.3 Å². The fourth-order valence-electron chi connectivity index (χ4n) is 2.90. The molecule has 1 aliphatic heterocycles. The molecule has 1 unspecified atom stereocenters. The second kappa shape index (κ2) is 5.87. The number of amides is 2. The Hall–Kier alpha value is -1.85. The Morgan fingerprint density at radius 2 is 2.14 bits per heavy atom. The number of aromatic nitrogens is 1. The fraction of sp³-hybridized carbons (Fsp3) is 0.667. The molecule has 2 amide bonds. The molecule has 0 bridgehead atoms. The van der Waals surface area contributed by atoms with Crippen molar-refractivity contribution in [3.8, 4) is 0 Å². The van der Waals surface area contributed by atoms with Crippen LogP contribution in [0.5, 0.6) is 0 Å². The second-order valence-corrected chi connectivity index (χ2v) is 6.15. The summed E-state index contributed by atoms with van der Waals surface area (Å²) in [6, 6.07) is 0. The maximum Gasteiger partial charge on any atom is 0.225 e. The van der Waals surface area contributed by atoms with Gasteiger partial charge in [0.25, 0.3) is 0 Å². The van der Waals surface area contributed by atoms with Crippen molar-refractivity contribution >= 4 is 11.8 Å². The Morgan fingerprint density at radius 1 is 1.43 bits per heavy atom. The van der Waals surface area contributed by atoms with Crippen LogP contribution < -0.4 is 5.73 Å². The topological polar surface area (TPSA) is 89.4 Å². The maximum absolute atomic E-state index is 12.3. The van der Waals surface area contributed by atoms with E-state index in [1.807, 2.05) is 20.8 Å². The first kappa shape index (κ1) is 15.5. The number of likely N-dealkylation sites (tertiary alicyclic amines) is 1. The molecule has 1 aromatic heterocycles. The zero-order valence-electron chi connectivity index (χ0n) is 12.9. The van der Waals surface area contributed by atoms with Gasteiger partial charge in [0.1, 0.15) is 5.76 Å². The van der Waals surface area contributed by atoms with E-state index >= 15 is 0 Å². The van der Waals surface area contributed by atoms with E-state index in [-0.39, 0.29) is 11.8 Å². The Kier molecular flexibility index (Phi) is 4.34. The van der Waals surface area contributed by atoms with Crippen LogP contribution in [0.15, 0.2) is 4.52 Å². The average molecular weight is 293 g/mol. The number of carbonyl (C=O) groups excluding carboxylic acids is 2. The number of hydrogen-bond donors (Lipinski definition) is 1. The predicted octanol–water partition coefficient (Wildman–Crippen LogP) is 1.34. The van der Waals surface area contributed by atoms with Gasteiger partial charge < -0.3 is 15.2 Å². The van der Waals surface area contributed by atoms with E-state index in [0.29, 0.717) is 25.9 Å². The number of nitrogens with zero attached hydrogens (tertiary/aromatic N) is 2. The molecule has 1 aromatic rings. The van der Waals surface area contributed by atoms with Crippen LogP contribution in [0.2, 0.25) is 0 Å². The van der Waals surface area contributed by atoms with Crippen molar-refractivity contribution < 1.29 is 14.1 Å². The molecule has 2 N–H and O–H groups in total. The number of aryl methyl sites for hydroxylation is 2. The molecular weight excluding hydrogens is 270 g/mol. The summed E-state index contributed by atoms with van der Waals surface area (Å²) in [5.74, 6) is 0.494. The lowest BCUT2D eigenvalue weighted by Gasteiger charge is -2.38.